The van der Waals surface area contributed by atoms with E-state index in [0.717, 1.165) is 23.3 Å². The normalized spacial score (nSPS) is 11.8. The molecule has 0 radical (unpaired) electrons. The lowest BCUT2D eigenvalue weighted by molar-refractivity contribution is -0.127. The molecule has 0 aromatic heterocycles. The molecule has 2 aromatic rings. The third kappa shape index (κ3) is 4.04. The number of carbonyl (C=O) groups is 1. The molecule has 0 saturated heterocycles. The zero-order valence-corrected chi connectivity index (χ0v) is 12.4. The molecule has 1 unspecified atom stereocenters. The molecular weight excluding hydrogens is 288 g/mol. The van der Waals surface area contributed by atoms with E-state index in [9.17, 15) is 13.6 Å². The van der Waals surface area contributed by atoms with Crippen LogP contribution in [-0.2, 0) is 11.3 Å². The summed E-state index contributed by atoms with van der Waals surface area (Å²) in [6.07, 6.45) is -0.811. The maximum Gasteiger partial charge on any atom is 0.261 e. The molecule has 22 heavy (non-hydrogen) atoms. The number of carbonyl (C=O) groups excluding carboxylic acids is 1. The van der Waals surface area contributed by atoms with Crippen molar-refractivity contribution < 1.29 is 18.3 Å². The van der Waals surface area contributed by atoms with Crippen LogP contribution in [0.25, 0.3) is 0 Å². The number of aryl methyl sites for hydroxylation is 1. The molecule has 1 atom stereocenters. The zero-order valence-electron chi connectivity index (χ0n) is 12.4. The lowest BCUT2D eigenvalue weighted by Gasteiger charge is -2.15. The van der Waals surface area contributed by atoms with Crippen molar-refractivity contribution in [2.24, 2.45) is 0 Å². The highest BCUT2D eigenvalue weighted by molar-refractivity contribution is 5.80. The van der Waals surface area contributed by atoms with E-state index in [1.165, 1.54) is 6.07 Å². The smallest absolute Gasteiger partial charge is 0.261 e. The summed E-state index contributed by atoms with van der Waals surface area (Å²) in [6.45, 7) is 3.90. The molecule has 5 heteroatoms. The van der Waals surface area contributed by atoms with Crippen molar-refractivity contribution in [2.45, 2.75) is 26.5 Å². The first-order chi connectivity index (χ1) is 10.5. The number of rotatable bonds is 5. The summed E-state index contributed by atoms with van der Waals surface area (Å²) >= 11 is 0. The van der Waals surface area contributed by atoms with Gasteiger partial charge in [-0.25, -0.2) is 8.78 Å². The summed E-state index contributed by atoms with van der Waals surface area (Å²) in [6, 6.07) is 10.9. The molecule has 2 aromatic carbocycles. The first-order valence-corrected chi connectivity index (χ1v) is 6.91. The Morgan fingerprint density at radius 3 is 2.59 bits per heavy atom. The first-order valence-electron chi connectivity index (χ1n) is 6.91. The molecule has 3 nitrogen and oxygen atoms in total. The Kier molecular flexibility index (Phi) is 5.09. The first kappa shape index (κ1) is 15.9. The van der Waals surface area contributed by atoms with Gasteiger partial charge in [0.25, 0.3) is 5.91 Å². The summed E-state index contributed by atoms with van der Waals surface area (Å²) in [5.41, 5.74) is 2.09. The molecule has 0 fully saturated rings. The highest BCUT2D eigenvalue weighted by Gasteiger charge is 2.15. The molecule has 1 N–H and O–H groups in total. The highest BCUT2D eigenvalue weighted by atomic mass is 19.2. The molecule has 0 spiro atoms. The van der Waals surface area contributed by atoms with Gasteiger partial charge in [-0.15, -0.1) is 0 Å². The molecule has 0 aliphatic heterocycles. The Morgan fingerprint density at radius 2 is 1.91 bits per heavy atom. The van der Waals surface area contributed by atoms with E-state index in [4.69, 9.17) is 4.74 Å². The van der Waals surface area contributed by atoms with Crippen LogP contribution in [0, 0.1) is 18.6 Å². The number of ether oxygens (including phenoxy) is 1. The van der Waals surface area contributed by atoms with Crippen LogP contribution in [0.1, 0.15) is 18.1 Å². The van der Waals surface area contributed by atoms with Crippen molar-refractivity contribution in [3.8, 4) is 5.75 Å². The van der Waals surface area contributed by atoms with Crippen LogP contribution in [0.3, 0.4) is 0 Å². The Bertz CT molecular complexity index is 673. The van der Waals surface area contributed by atoms with E-state index < -0.39 is 17.7 Å². The number of hydrogen-bond acceptors (Lipinski definition) is 2. The van der Waals surface area contributed by atoms with Gasteiger partial charge in [-0.2, -0.15) is 0 Å². The fourth-order valence-electron chi connectivity index (χ4n) is 1.94. The van der Waals surface area contributed by atoms with Gasteiger partial charge in [0.2, 0.25) is 0 Å². The van der Waals surface area contributed by atoms with Gasteiger partial charge in [0.15, 0.2) is 17.7 Å². The fourth-order valence-corrected chi connectivity index (χ4v) is 1.94. The van der Waals surface area contributed by atoms with E-state index in [0.29, 0.717) is 6.54 Å². The van der Waals surface area contributed by atoms with Crippen LogP contribution in [0.15, 0.2) is 42.5 Å². The van der Waals surface area contributed by atoms with E-state index >= 15 is 0 Å². The van der Waals surface area contributed by atoms with E-state index in [2.05, 4.69) is 5.32 Å². The highest BCUT2D eigenvalue weighted by Crippen LogP contribution is 2.17. The second-order valence-corrected chi connectivity index (χ2v) is 4.98. The van der Waals surface area contributed by atoms with Gasteiger partial charge < -0.3 is 10.1 Å². The van der Waals surface area contributed by atoms with Crippen molar-refractivity contribution >= 4 is 5.91 Å². The van der Waals surface area contributed by atoms with E-state index in [1.807, 2.05) is 31.2 Å². The Labute approximate surface area is 127 Å². The van der Waals surface area contributed by atoms with Gasteiger partial charge in [0.05, 0.1) is 0 Å². The SMILES string of the molecule is Cc1ccccc1CNC(=O)C(C)Oc1ccc(F)c(F)c1. The number of halogens is 2. The Morgan fingerprint density at radius 1 is 1.18 bits per heavy atom. The second-order valence-electron chi connectivity index (χ2n) is 4.98. The number of nitrogens with one attached hydrogen (secondary N) is 1. The maximum atomic E-state index is 13.1. The van der Waals surface area contributed by atoms with Gasteiger partial charge in [-0.3, -0.25) is 4.79 Å². The predicted octanol–water partition coefficient (Wildman–Crippen LogP) is 3.36. The minimum atomic E-state index is -1.01. The Balaban J connectivity index is 1.92. The van der Waals surface area contributed by atoms with Crippen LogP contribution >= 0.6 is 0 Å². The van der Waals surface area contributed by atoms with Crippen LogP contribution in [-0.4, -0.2) is 12.0 Å². The minimum Gasteiger partial charge on any atom is -0.481 e. The summed E-state index contributed by atoms with van der Waals surface area (Å²) in [4.78, 5) is 12.0. The molecule has 0 aliphatic carbocycles. The topological polar surface area (TPSA) is 38.3 Å². The quantitative estimate of drug-likeness (QED) is 0.920. The van der Waals surface area contributed by atoms with Gasteiger partial charge >= 0.3 is 0 Å². The summed E-state index contributed by atoms with van der Waals surface area (Å²) in [5, 5.41) is 2.75. The van der Waals surface area contributed by atoms with Crippen LogP contribution < -0.4 is 10.1 Å². The second kappa shape index (κ2) is 7.02. The van der Waals surface area contributed by atoms with E-state index in [1.54, 1.807) is 6.92 Å². The van der Waals surface area contributed by atoms with Gasteiger partial charge in [-0.05, 0) is 37.1 Å². The zero-order chi connectivity index (χ0) is 16.1. The average molecular weight is 305 g/mol. The molecule has 1 amide bonds. The molecule has 0 saturated carbocycles. The largest absolute Gasteiger partial charge is 0.481 e. The van der Waals surface area contributed by atoms with Crippen molar-refractivity contribution in [1.29, 1.82) is 0 Å². The molecule has 2 rings (SSSR count). The van der Waals surface area contributed by atoms with Crippen molar-refractivity contribution in [3.63, 3.8) is 0 Å². The van der Waals surface area contributed by atoms with Crippen molar-refractivity contribution in [2.75, 3.05) is 0 Å². The van der Waals surface area contributed by atoms with Crippen molar-refractivity contribution in [3.05, 3.63) is 65.2 Å². The molecule has 0 heterocycles. The van der Waals surface area contributed by atoms with Crippen LogP contribution in [0.4, 0.5) is 8.78 Å². The summed E-state index contributed by atoms with van der Waals surface area (Å²) < 4.78 is 31.2. The third-order valence-corrected chi connectivity index (χ3v) is 3.29. The van der Waals surface area contributed by atoms with Gasteiger partial charge in [-0.1, -0.05) is 24.3 Å². The molecule has 0 aliphatic rings. The maximum absolute atomic E-state index is 13.1. The average Bonchev–Trinajstić information content (AvgIpc) is 2.50. The lowest BCUT2D eigenvalue weighted by atomic mass is 10.1. The van der Waals surface area contributed by atoms with Crippen molar-refractivity contribution in [1.82, 2.24) is 5.32 Å². The standard InChI is InChI=1S/C17H17F2NO2/c1-11-5-3-4-6-13(11)10-20-17(21)12(2)22-14-7-8-15(18)16(19)9-14/h3-9,12H,10H2,1-2H3,(H,20,21). The Hall–Kier alpha value is -2.43. The van der Waals surface area contributed by atoms with Gasteiger partial charge in [0, 0.05) is 12.6 Å². The predicted molar refractivity (Wildman–Crippen MR) is 79.5 cm³/mol. The van der Waals surface area contributed by atoms with Crippen LogP contribution in [0.2, 0.25) is 0 Å². The summed E-state index contributed by atoms with van der Waals surface area (Å²) in [5.74, 6) is -2.18. The number of amides is 1. The minimum absolute atomic E-state index is 0.109. The molecular formula is C17H17F2NO2. The summed E-state index contributed by atoms with van der Waals surface area (Å²) in [7, 11) is 0. The number of hydrogen-bond donors (Lipinski definition) is 1. The third-order valence-electron chi connectivity index (χ3n) is 3.29. The molecule has 116 valence electrons. The van der Waals surface area contributed by atoms with Crippen LogP contribution in [0.5, 0.6) is 5.75 Å². The number of benzene rings is 2. The lowest BCUT2D eigenvalue weighted by Crippen LogP contribution is -2.36. The van der Waals surface area contributed by atoms with Gasteiger partial charge in [0.1, 0.15) is 5.75 Å². The monoisotopic (exact) mass is 305 g/mol. The fraction of sp³-hybridized carbons (Fsp3) is 0.235. The molecule has 0 bridgehead atoms. The van der Waals surface area contributed by atoms with E-state index in [-0.39, 0.29) is 11.7 Å².